The summed E-state index contributed by atoms with van der Waals surface area (Å²) >= 11 is 0. The van der Waals surface area contributed by atoms with Crippen LogP contribution in [0.3, 0.4) is 0 Å². The van der Waals surface area contributed by atoms with Crippen molar-refractivity contribution in [1.29, 1.82) is 0 Å². The summed E-state index contributed by atoms with van der Waals surface area (Å²) in [4.78, 5) is 69.3. The van der Waals surface area contributed by atoms with Gasteiger partial charge in [-0.3, -0.25) is 19.3 Å². The highest BCUT2D eigenvalue weighted by Gasteiger charge is 2.76. The molecule has 14 heteroatoms. The number of hydrogen-bond donors (Lipinski definition) is 3. The number of fused-ring (bicyclic) bond motifs is 4. The number of aliphatic hydroxyl groups excluding tert-OH is 2. The predicted molar refractivity (Wildman–Crippen MR) is 272 cm³/mol. The van der Waals surface area contributed by atoms with Crippen LogP contribution in [-0.4, -0.2) is 90.5 Å². The van der Waals surface area contributed by atoms with Crippen molar-refractivity contribution in [2.45, 2.75) is 62.0 Å². The first-order chi connectivity index (χ1) is 35.6. The second-order valence-corrected chi connectivity index (χ2v) is 18.6. The van der Waals surface area contributed by atoms with Crippen LogP contribution in [0.15, 0.2) is 146 Å². The molecule has 2 saturated heterocycles. The molecule has 4 heterocycles. The first kappa shape index (κ1) is 48.7. The van der Waals surface area contributed by atoms with Gasteiger partial charge < -0.3 is 39.4 Å². The molecule has 73 heavy (non-hydrogen) atoms. The van der Waals surface area contributed by atoms with Crippen molar-refractivity contribution >= 4 is 29.5 Å². The largest absolute Gasteiger partial charge is 0.493 e. The minimum absolute atomic E-state index is 0.0277. The van der Waals surface area contributed by atoms with Crippen molar-refractivity contribution in [3.05, 3.63) is 190 Å². The molecule has 0 unspecified atom stereocenters. The van der Waals surface area contributed by atoms with Crippen molar-refractivity contribution < 1.29 is 48.3 Å². The van der Waals surface area contributed by atoms with Crippen molar-refractivity contribution in [2.24, 2.45) is 5.92 Å². The van der Waals surface area contributed by atoms with Gasteiger partial charge in [0, 0.05) is 25.1 Å². The number of benzene rings is 6. The quantitative estimate of drug-likeness (QED) is 0.0820. The summed E-state index contributed by atoms with van der Waals surface area (Å²) in [6, 6.07) is 39.7. The first-order valence-electron chi connectivity index (χ1n) is 24.5. The Kier molecular flexibility index (Phi) is 13.8. The van der Waals surface area contributed by atoms with E-state index in [0.29, 0.717) is 45.9 Å². The Morgan fingerprint density at radius 2 is 1.45 bits per heavy atom. The molecule has 0 radical (unpaired) electrons. The van der Waals surface area contributed by atoms with Gasteiger partial charge in [-0.05, 0) is 94.8 Å². The van der Waals surface area contributed by atoms with Crippen molar-refractivity contribution in [3.63, 3.8) is 0 Å². The molecule has 3 N–H and O–H groups in total. The van der Waals surface area contributed by atoms with E-state index in [9.17, 15) is 10.2 Å². The van der Waals surface area contributed by atoms with Crippen molar-refractivity contribution in [3.8, 4) is 29.1 Å². The number of amides is 4. The van der Waals surface area contributed by atoms with E-state index in [-0.39, 0.29) is 45.0 Å². The van der Waals surface area contributed by atoms with Crippen LogP contribution in [0.1, 0.15) is 82.1 Å². The maximum atomic E-state index is 16.9. The Bertz CT molecular complexity index is 3110. The van der Waals surface area contributed by atoms with Crippen LogP contribution in [0.25, 0.3) is 0 Å². The molecule has 4 aliphatic rings. The SMILES string of the molecule is COc1cc2c(cc1OC)CN(C(=O)[C@H]1[C@@H]3C(=O)O[C@@H](c4ccccc4)[C@@H](c4ccccc4)N3[C@@H](c3cccc(OCCO)c3)[C@]13C(=O)N(C(=O)N[C@H](C)c1ccccc1)c1ccc(C#CCCO)cc13)CC2. The number of carbonyl (C=O) groups is 4. The highest BCUT2D eigenvalue weighted by atomic mass is 16.6. The molecule has 372 valence electrons. The fourth-order valence-electron chi connectivity index (χ4n) is 11.5. The minimum Gasteiger partial charge on any atom is -0.493 e. The number of nitrogens with zero attached hydrogens (tertiary/aromatic N) is 3. The molecule has 7 atom stereocenters. The van der Waals surface area contributed by atoms with E-state index in [4.69, 9.17) is 18.9 Å². The number of morpholine rings is 1. The molecule has 6 aromatic carbocycles. The number of imide groups is 1. The van der Waals surface area contributed by atoms with Crippen LogP contribution in [0.4, 0.5) is 10.5 Å². The van der Waals surface area contributed by atoms with Gasteiger partial charge in [0.05, 0.1) is 57.2 Å². The van der Waals surface area contributed by atoms with E-state index >= 15 is 19.2 Å². The number of cyclic esters (lactones) is 1. The summed E-state index contributed by atoms with van der Waals surface area (Å²) < 4.78 is 24.1. The molecule has 14 nitrogen and oxygen atoms in total. The van der Waals surface area contributed by atoms with E-state index in [1.807, 2.05) is 121 Å². The number of nitrogens with one attached hydrogen (secondary N) is 1. The maximum absolute atomic E-state index is 16.9. The predicted octanol–water partition coefficient (Wildman–Crippen LogP) is 7.53. The van der Waals surface area contributed by atoms with Crippen molar-refractivity contribution in [1.82, 2.24) is 15.1 Å². The average molecular weight is 981 g/mol. The monoisotopic (exact) mass is 980 g/mol. The van der Waals surface area contributed by atoms with Gasteiger partial charge in [0.15, 0.2) is 11.5 Å². The second kappa shape index (κ2) is 20.6. The van der Waals surface area contributed by atoms with Crippen LogP contribution in [-0.2, 0) is 37.5 Å². The Morgan fingerprint density at radius 3 is 2.14 bits per heavy atom. The Labute approximate surface area is 424 Å². The lowest BCUT2D eigenvalue weighted by Crippen LogP contribution is -2.57. The Balaban J connectivity index is 1.26. The molecular weight excluding hydrogens is 925 g/mol. The van der Waals surface area contributed by atoms with E-state index in [1.165, 1.54) is 0 Å². The Morgan fingerprint density at radius 1 is 0.781 bits per heavy atom. The molecule has 1 spiro atoms. The third-order valence-electron chi connectivity index (χ3n) is 14.6. The van der Waals surface area contributed by atoms with Crippen LogP contribution >= 0.6 is 0 Å². The normalized spacial score (nSPS) is 22.3. The molecule has 4 aliphatic heterocycles. The number of carbonyl (C=O) groups excluding carboxylic acids is 4. The number of methoxy groups -OCH3 is 2. The number of ether oxygens (including phenoxy) is 4. The molecule has 0 bridgehead atoms. The van der Waals surface area contributed by atoms with Gasteiger partial charge in [-0.15, -0.1) is 0 Å². The molecule has 0 aromatic heterocycles. The third kappa shape index (κ3) is 8.63. The van der Waals surface area contributed by atoms with Crippen LogP contribution in [0.2, 0.25) is 0 Å². The summed E-state index contributed by atoms with van der Waals surface area (Å²) in [6.07, 6.45) is -0.333. The number of aliphatic hydroxyl groups is 2. The number of urea groups is 1. The third-order valence-corrected chi connectivity index (χ3v) is 14.6. The van der Waals surface area contributed by atoms with Crippen molar-refractivity contribution in [2.75, 3.05) is 45.5 Å². The van der Waals surface area contributed by atoms with Gasteiger partial charge in [0.2, 0.25) is 11.8 Å². The lowest BCUT2D eigenvalue weighted by Gasteiger charge is -2.46. The summed E-state index contributed by atoms with van der Waals surface area (Å²) in [5, 5.41) is 22.7. The maximum Gasteiger partial charge on any atom is 0.329 e. The zero-order valence-electron chi connectivity index (χ0n) is 40.8. The zero-order chi connectivity index (χ0) is 50.8. The Hall–Kier alpha value is -7.96. The summed E-state index contributed by atoms with van der Waals surface area (Å²) in [6.45, 7) is 1.70. The lowest BCUT2D eigenvalue weighted by atomic mass is 9.64. The van der Waals surface area contributed by atoms with Gasteiger partial charge in [-0.25, -0.2) is 9.69 Å². The van der Waals surface area contributed by atoms with Gasteiger partial charge in [-0.2, -0.15) is 0 Å². The highest BCUT2D eigenvalue weighted by molar-refractivity contribution is 6.24. The first-order valence-corrected chi connectivity index (χ1v) is 24.5. The van der Waals surface area contributed by atoms with Gasteiger partial charge >= 0.3 is 12.0 Å². The lowest BCUT2D eigenvalue weighted by molar-refractivity contribution is -0.179. The van der Waals surface area contributed by atoms with Gasteiger partial charge in [0.25, 0.3) is 0 Å². The van der Waals surface area contributed by atoms with Crippen LogP contribution < -0.4 is 24.4 Å². The number of hydrogen-bond acceptors (Lipinski definition) is 11. The highest BCUT2D eigenvalue weighted by Crippen LogP contribution is 2.66. The number of anilines is 1. The topological polar surface area (TPSA) is 167 Å². The summed E-state index contributed by atoms with van der Waals surface area (Å²) in [5.41, 5.74) is 3.46. The van der Waals surface area contributed by atoms with Crippen LogP contribution in [0.5, 0.6) is 17.2 Å². The summed E-state index contributed by atoms with van der Waals surface area (Å²) in [7, 11) is 3.12. The fourth-order valence-corrected chi connectivity index (χ4v) is 11.5. The fraction of sp³-hybridized carbons (Fsp3) is 0.288. The average Bonchev–Trinajstić information content (AvgIpc) is 3.89. The molecule has 10 rings (SSSR count). The van der Waals surface area contributed by atoms with Gasteiger partial charge in [0.1, 0.15) is 29.9 Å². The number of esters is 1. The van der Waals surface area contributed by atoms with E-state index in [1.54, 1.807) is 55.5 Å². The standard InChI is InChI=1S/C59H56N4O10/c1-37(39-17-7-4-8-18-39)60-58(69)62-47-26-25-38(16-13-14-29-64)32-46(47)59(57(62)68)50(55(66)61-28-27-42-34-48(70-2)49(71-3)35-44(42)36-61)52-56(67)73-53(41-21-11-6-12-22-41)51(40-19-9-5-10-20-40)63(52)54(59)43-23-15-24-45(33-43)72-31-30-65/h4-12,15,17-26,32-35,37,50-54,64-65H,14,27-31,36H2,1-3H3,(H,60,69)/t37-,50-,51-,52-,53+,54+,59-/m1/s1. The number of rotatable bonds is 12. The second-order valence-electron chi connectivity index (χ2n) is 18.6. The molecule has 4 amide bonds. The molecular formula is C59H56N4O10. The smallest absolute Gasteiger partial charge is 0.329 e. The molecule has 0 aliphatic carbocycles. The van der Waals surface area contributed by atoms with E-state index in [0.717, 1.165) is 27.2 Å². The van der Waals surface area contributed by atoms with Crippen LogP contribution in [0, 0.1) is 17.8 Å². The summed E-state index contributed by atoms with van der Waals surface area (Å²) in [5.74, 6) is 4.11. The molecule has 0 saturated carbocycles. The van der Waals surface area contributed by atoms with Gasteiger partial charge in [-0.1, -0.05) is 115 Å². The minimum atomic E-state index is -2.05. The zero-order valence-corrected chi connectivity index (χ0v) is 40.8. The molecule has 6 aromatic rings. The van der Waals surface area contributed by atoms with E-state index < -0.39 is 65.4 Å². The molecule has 2 fully saturated rings. The van der Waals surface area contributed by atoms with E-state index in [2.05, 4.69) is 17.2 Å².